The molecular formula is C19H13F4N3O3. The van der Waals surface area contributed by atoms with Gasteiger partial charge in [0.2, 0.25) is 0 Å². The normalized spacial score (nSPS) is 21.2. The van der Waals surface area contributed by atoms with E-state index in [1.807, 2.05) is 0 Å². The molecule has 0 spiro atoms. The number of halogens is 4. The van der Waals surface area contributed by atoms with Crippen molar-refractivity contribution in [2.24, 2.45) is 0 Å². The number of hydrogen-bond donors (Lipinski definition) is 2. The van der Waals surface area contributed by atoms with Crippen LogP contribution in [0.15, 0.2) is 42.5 Å². The summed E-state index contributed by atoms with van der Waals surface area (Å²) in [6.45, 7) is -0.358. The van der Waals surface area contributed by atoms with E-state index in [2.05, 4.69) is 10.6 Å². The van der Waals surface area contributed by atoms with E-state index in [0.717, 1.165) is 24.3 Å². The zero-order chi connectivity index (χ0) is 21.0. The van der Waals surface area contributed by atoms with Crippen molar-refractivity contribution in [1.29, 1.82) is 0 Å². The summed E-state index contributed by atoms with van der Waals surface area (Å²) in [6.07, 6.45) is -4.60. The van der Waals surface area contributed by atoms with Crippen LogP contribution in [0.5, 0.6) is 0 Å². The number of rotatable bonds is 3. The van der Waals surface area contributed by atoms with Crippen LogP contribution in [-0.2, 0) is 23.1 Å². The Bertz CT molecular complexity index is 1040. The molecule has 29 heavy (non-hydrogen) atoms. The Hall–Kier alpha value is -3.43. The van der Waals surface area contributed by atoms with Crippen molar-refractivity contribution >= 4 is 17.8 Å². The van der Waals surface area contributed by atoms with Crippen LogP contribution in [-0.4, -0.2) is 29.3 Å². The fourth-order valence-corrected chi connectivity index (χ4v) is 3.58. The molecule has 10 heteroatoms. The van der Waals surface area contributed by atoms with Gasteiger partial charge in [0.05, 0.1) is 12.1 Å². The van der Waals surface area contributed by atoms with E-state index >= 15 is 0 Å². The molecule has 2 aliphatic heterocycles. The van der Waals surface area contributed by atoms with Gasteiger partial charge in [-0.3, -0.25) is 14.9 Å². The van der Waals surface area contributed by atoms with Gasteiger partial charge in [0.1, 0.15) is 5.82 Å². The van der Waals surface area contributed by atoms with Crippen LogP contribution < -0.4 is 10.6 Å². The first kappa shape index (κ1) is 18.9. The number of carbonyl (C=O) groups excluding carboxylic acids is 3. The molecule has 2 aliphatic rings. The first-order chi connectivity index (χ1) is 13.6. The summed E-state index contributed by atoms with van der Waals surface area (Å²) >= 11 is 0. The van der Waals surface area contributed by atoms with Crippen LogP contribution in [0.3, 0.4) is 0 Å². The number of urea groups is 1. The predicted molar refractivity (Wildman–Crippen MR) is 90.9 cm³/mol. The Labute approximate surface area is 161 Å². The minimum atomic E-state index is -4.60. The Morgan fingerprint density at radius 1 is 1.03 bits per heavy atom. The molecule has 2 heterocycles. The smallest absolute Gasteiger partial charge is 0.331 e. The summed E-state index contributed by atoms with van der Waals surface area (Å²) in [6, 6.07) is 6.89. The third-order valence-electron chi connectivity index (χ3n) is 5.02. The maximum absolute atomic E-state index is 13.3. The monoisotopic (exact) mass is 407 g/mol. The van der Waals surface area contributed by atoms with Gasteiger partial charge in [-0.05, 0) is 35.4 Å². The van der Waals surface area contributed by atoms with E-state index in [9.17, 15) is 31.9 Å². The van der Waals surface area contributed by atoms with Crippen molar-refractivity contribution < 1.29 is 31.9 Å². The molecule has 0 aliphatic carbocycles. The van der Waals surface area contributed by atoms with Crippen molar-refractivity contribution in [2.75, 3.05) is 6.54 Å². The van der Waals surface area contributed by atoms with E-state index in [1.54, 1.807) is 0 Å². The van der Waals surface area contributed by atoms with Crippen molar-refractivity contribution in [3.05, 3.63) is 70.5 Å². The van der Waals surface area contributed by atoms with Crippen LogP contribution in [0, 0.1) is 5.82 Å². The first-order valence-corrected chi connectivity index (χ1v) is 8.49. The lowest BCUT2D eigenvalue weighted by molar-refractivity contribution is -0.137. The number of nitrogens with zero attached hydrogens (tertiary/aromatic N) is 1. The molecule has 2 aromatic rings. The van der Waals surface area contributed by atoms with Crippen molar-refractivity contribution in [2.45, 2.75) is 18.3 Å². The topological polar surface area (TPSA) is 78.5 Å². The highest BCUT2D eigenvalue weighted by Crippen LogP contribution is 2.35. The average Bonchev–Trinajstić information content (AvgIpc) is 3.11. The van der Waals surface area contributed by atoms with Crippen LogP contribution in [0.2, 0.25) is 0 Å². The minimum Gasteiger partial charge on any atom is -0.331 e. The van der Waals surface area contributed by atoms with Gasteiger partial charge in [-0.1, -0.05) is 18.2 Å². The lowest BCUT2D eigenvalue weighted by Crippen LogP contribution is -2.52. The molecule has 0 saturated carbocycles. The zero-order valence-corrected chi connectivity index (χ0v) is 14.6. The third kappa shape index (κ3) is 3.10. The second-order valence-corrected chi connectivity index (χ2v) is 6.85. The predicted octanol–water partition coefficient (Wildman–Crippen LogP) is 2.54. The number of hydrogen-bond acceptors (Lipinski definition) is 3. The largest absolute Gasteiger partial charge is 0.416 e. The summed E-state index contributed by atoms with van der Waals surface area (Å²) in [5.74, 6) is -1.99. The average molecular weight is 407 g/mol. The number of nitrogens with one attached hydrogen (secondary N) is 2. The standard InChI is InChI=1S/C19H13F4N3O3/c20-13-5-3-11(4-6-13)18(16(28)24-17(29)25-18)9-26-8-10-1-2-12(19(21,22)23)7-14(10)15(26)27/h1-7H,8-9H2,(H2,24,25,28,29). The van der Waals surface area contributed by atoms with Gasteiger partial charge in [-0.2, -0.15) is 13.2 Å². The minimum absolute atomic E-state index is 0.0294. The molecule has 0 bridgehead atoms. The highest BCUT2D eigenvalue weighted by molar-refractivity contribution is 6.08. The Morgan fingerprint density at radius 2 is 1.72 bits per heavy atom. The molecule has 2 aromatic carbocycles. The molecule has 4 rings (SSSR count). The maximum Gasteiger partial charge on any atom is 0.416 e. The summed E-state index contributed by atoms with van der Waals surface area (Å²) in [7, 11) is 0. The lowest BCUT2D eigenvalue weighted by Gasteiger charge is -2.31. The molecule has 1 fully saturated rings. The molecule has 1 saturated heterocycles. The molecule has 6 nitrogen and oxygen atoms in total. The van der Waals surface area contributed by atoms with E-state index < -0.39 is 40.9 Å². The highest BCUT2D eigenvalue weighted by atomic mass is 19.4. The quantitative estimate of drug-likeness (QED) is 0.606. The number of fused-ring (bicyclic) bond motifs is 1. The number of amides is 4. The van der Waals surface area contributed by atoms with Crippen LogP contribution in [0.4, 0.5) is 22.4 Å². The summed E-state index contributed by atoms with van der Waals surface area (Å²) in [5.41, 5.74) is -2.13. The van der Waals surface area contributed by atoms with Crippen LogP contribution in [0.1, 0.15) is 27.0 Å². The summed E-state index contributed by atoms with van der Waals surface area (Å²) < 4.78 is 52.2. The van der Waals surface area contributed by atoms with E-state index in [0.29, 0.717) is 5.56 Å². The first-order valence-electron chi connectivity index (χ1n) is 8.49. The van der Waals surface area contributed by atoms with Gasteiger partial charge >= 0.3 is 12.2 Å². The molecule has 0 aromatic heterocycles. The molecular weight excluding hydrogens is 394 g/mol. The summed E-state index contributed by atoms with van der Waals surface area (Å²) in [5, 5.41) is 4.56. The van der Waals surface area contributed by atoms with Gasteiger partial charge in [-0.15, -0.1) is 0 Å². The van der Waals surface area contributed by atoms with Crippen molar-refractivity contribution in [3.8, 4) is 0 Å². The molecule has 1 unspecified atom stereocenters. The molecule has 1 atom stereocenters. The van der Waals surface area contributed by atoms with Gasteiger partial charge in [0, 0.05) is 12.1 Å². The SMILES string of the molecule is O=C1NC(=O)C(CN2Cc3ccc(C(F)(F)F)cc3C2=O)(c2ccc(F)cc2)N1. The van der Waals surface area contributed by atoms with Crippen LogP contribution in [0.25, 0.3) is 0 Å². The molecule has 2 N–H and O–H groups in total. The van der Waals surface area contributed by atoms with E-state index in [-0.39, 0.29) is 24.2 Å². The molecule has 150 valence electrons. The van der Waals surface area contributed by atoms with Crippen molar-refractivity contribution in [3.63, 3.8) is 0 Å². The fourth-order valence-electron chi connectivity index (χ4n) is 3.58. The second kappa shape index (κ2) is 6.29. The summed E-state index contributed by atoms with van der Waals surface area (Å²) in [4.78, 5) is 38.3. The third-order valence-corrected chi connectivity index (χ3v) is 5.02. The van der Waals surface area contributed by atoms with Crippen LogP contribution >= 0.6 is 0 Å². The van der Waals surface area contributed by atoms with Gasteiger partial charge in [0.25, 0.3) is 11.8 Å². The molecule has 4 amide bonds. The number of carbonyl (C=O) groups is 3. The van der Waals surface area contributed by atoms with Gasteiger partial charge in [-0.25, -0.2) is 9.18 Å². The van der Waals surface area contributed by atoms with Gasteiger partial charge in [0.15, 0.2) is 5.54 Å². The highest BCUT2D eigenvalue weighted by Gasteiger charge is 2.50. The fraction of sp³-hybridized carbons (Fsp3) is 0.211. The van der Waals surface area contributed by atoms with E-state index in [1.165, 1.54) is 23.1 Å². The molecule has 0 radical (unpaired) electrons. The number of benzene rings is 2. The maximum atomic E-state index is 13.3. The number of alkyl halides is 3. The number of imide groups is 1. The Morgan fingerprint density at radius 3 is 2.31 bits per heavy atom. The van der Waals surface area contributed by atoms with Crippen molar-refractivity contribution in [1.82, 2.24) is 15.5 Å². The van der Waals surface area contributed by atoms with Gasteiger partial charge < -0.3 is 10.2 Å². The zero-order valence-electron chi connectivity index (χ0n) is 14.6. The lowest BCUT2D eigenvalue weighted by atomic mass is 9.89. The van der Waals surface area contributed by atoms with E-state index in [4.69, 9.17) is 0 Å². The Kier molecular flexibility index (Phi) is 4.10. The Balaban J connectivity index is 1.69. The second-order valence-electron chi connectivity index (χ2n) is 6.85.